The Labute approximate surface area is 121 Å². The molecule has 0 spiro atoms. The van der Waals surface area contributed by atoms with E-state index in [1.54, 1.807) is 6.07 Å². The van der Waals surface area contributed by atoms with Gasteiger partial charge >= 0.3 is 0 Å². The first kappa shape index (κ1) is 12.6. The van der Waals surface area contributed by atoms with E-state index in [4.69, 9.17) is 0 Å². The van der Waals surface area contributed by atoms with E-state index in [1.807, 2.05) is 12.1 Å². The maximum Gasteiger partial charge on any atom is 0.272 e. The number of hydrogen-bond donors (Lipinski definition) is 2. The number of hydrogen-bond acceptors (Lipinski definition) is 2. The van der Waals surface area contributed by atoms with Crippen LogP contribution in [-0.4, -0.2) is 22.1 Å². The molecule has 5 heteroatoms. The maximum absolute atomic E-state index is 13.2. The van der Waals surface area contributed by atoms with E-state index in [-0.39, 0.29) is 23.7 Å². The van der Waals surface area contributed by atoms with Crippen LogP contribution in [0.15, 0.2) is 30.3 Å². The summed E-state index contributed by atoms with van der Waals surface area (Å²) < 4.78 is 13.2. The summed E-state index contributed by atoms with van der Waals surface area (Å²) in [6.45, 7) is 0. The molecule has 108 valence electrons. The predicted octanol–water partition coefficient (Wildman–Crippen LogP) is 2.71. The summed E-state index contributed by atoms with van der Waals surface area (Å²) in [5.41, 5.74) is 2.44. The molecule has 2 atom stereocenters. The Morgan fingerprint density at radius 2 is 2.19 bits per heavy atom. The second-order valence-electron chi connectivity index (χ2n) is 5.96. The number of carbonyl (C=O) groups excluding carboxylic acids is 1. The zero-order chi connectivity index (χ0) is 14.4. The number of rotatable bonds is 4. The van der Waals surface area contributed by atoms with Gasteiger partial charge in [-0.25, -0.2) is 4.39 Å². The first-order valence-corrected chi connectivity index (χ1v) is 7.32. The Bertz CT molecular complexity index is 692. The smallest absolute Gasteiger partial charge is 0.272 e. The van der Waals surface area contributed by atoms with E-state index < -0.39 is 0 Å². The second-order valence-corrected chi connectivity index (χ2v) is 5.96. The van der Waals surface area contributed by atoms with Crippen molar-refractivity contribution in [1.82, 2.24) is 15.5 Å². The Morgan fingerprint density at radius 1 is 1.33 bits per heavy atom. The average Bonchev–Trinajstić information content (AvgIpc) is 3.39. The van der Waals surface area contributed by atoms with Gasteiger partial charge in [-0.3, -0.25) is 9.89 Å². The SMILES string of the molecule is O=C(N[C@@H]1C[C@@H]1c1cccc(F)c1)c1cc(C2CC2)[nH]n1. The van der Waals surface area contributed by atoms with E-state index in [9.17, 15) is 9.18 Å². The molecule has 1 aromatic carbocycles. The van der Waals surface area contributed by atoms with Crippen molar-refractivity contribution >= 4 is 5.91 Å². The van der Waals surface area contributed by atoms with E-state index in [0.29, 0.717) is 11.6 Å². The van der Waals surface area contributed by atoms with E-state index >= 15 is 0 Å². The third-order valence-electron chi connectivity index (χ3n) is 4.23. The maximum atomic E-state index is 13.2. The zero-order valence-electron chi connectivity index (χ0n) is 11.5. The molecule has 2 aliphatic rings. The molecule has 2 saturated carbocycles. The monoisotopic (exact) mass is 285 g/mol. The van der Waals surface area contributed by atoms with Crippen LogP contribution in [0.3, 0.4) is 0 Å². The summed E-state index contributed by atoms with van der Waals surface area (Å²) in [7, 11) is 0. The summed E-state index contributed by atoms with van der Waals surface area (Å²) in [5.74, 6) is 0.388. The highest BCUT2D eigenvalue weighted by atomic mass is 19.1. The van der Waals surface area contributed by atoms with E-state index in [2.05, 4.69) is 15.5 Å². The molecule has 0 unspecified atom stereocenters. The molecule has 4 rings (SSSR count). The quantitative estimate of drug-likeness (QED) is 0.907. The van der Waals surface area contributed by atoms with Crippen molar-refractivity contribution < 1.29 is 9.18 Å². The lowest BCUT2D eigenvalue weighted by molar-refractivity contribution is 0.0945. The number of aromatic amines is 1. The highest BCUT2D eigenvalue weighted by Crippen LogP contribution is 2.41. The highest BCUT2D eigenvalue weighted by molar-refractivity contribution is 5.92. The molecular weight excluding hydrogens is 269 g/mol. The Hall–Kier alpha value is -2.17. The molecule has 0 aliphatic heterocycles. The lowest BCUT2D eigenvalue weighted by atomic mass is 10.1. The van der Waals surface area contributed by atoms with Crippen LogP contribution in [0.5, 0.6) is 0 Å². The molecule has 1 heterocycles. The molecule has 1 aromatic heterocycles. The van der Waals surface area contributed by atoms with Crippen molar-refractivity contribution in [2.45, 2.75) is 37.1 Å². The highest BCUT2D eigenvalue weighted by Gasteiger charge is 2.40. The normalized spacial score (nSPS) is 23.9. The Morgan fingerprint density at radius 3 is 2.95 bits per heavy atom. The van der Waals surface area contributed by atoms with Crippen LogP contribution in [0.25, 0.3) is 0 Å². The molecule has 2 fully saturated rings. The van der Waals surface area contributed by atoms with Crippen LogP contribution in [0.2, 0.25) is 0 Å². The summed E-state index contributed by atoms with van der Waals surface area (Å²) in [6, 6.07) is 8.50. The predicted molar refractivity (Wildman–Crippen MR) is 75.6 cm³/mol. The number of H-pyrrole nitrogens is 1. The van der Waals surface area contributed by atoms with Gasteiger partial charge < -0.3 is 5.32 Å². The molecule has 0 bridgehead atoms. The van der Waals surface area contributed by atoms with Crippen molar-refractivity contribution in [1.29, 1.82) is 0 Å². The second kappa shape index (κ2) is 4.69. The molecular formula is C16H16FN3O. The fourth-order valence-corrected chi connectivity index (χ4v) is 2.76. The van der Waals surface area contributed by atoms with Gasteiger partial charge in [-0.2, -0.15) is 5.10 Å². The Balaban J connectivity index is 1.39. The summed E-state index contributed by atoms with van der Waals surface area (Å²) in [5, 5.41) is 9.97. The first-order chi connectivity index (χ1) is 10.2. The van der Waals surface area contributed by atoms with Crippen LogP contribution < -0.4 is 5.32 Å². The van der Waals surface area contributed by atoms with Crippen molar-refractivity contribution in [3.05, 3.63) is 53.1 Å². The van der Waals surface area contributed by atoms with Crippen LogP contribution in [0, 0.1) is 5.82 Å². The van der Waals surface area contributed by atoms with Gasteiger partial charge in [-0.15, -0.1) is 0 Å². The minimum absolute atomic E-state index is 0.0837. The minimum atomic E-state index is -0.231. The molecule has 2 aromatic rings. The number of nitrogens with one attached hydrogen (secondary N) is 2. The van der Waals surface area contributed by atoms with Crippen molar-refractivity contribution in [2.24, 2.45) is 0 Å². The summed E-state index contributed by atoms with van der Waals surface area (Å²) in [6.07, 6.45) is 3.20. The molecule has 1 amide bonds. The van der Waals surface area contributed by atoms with Crippen LogP contribution in [0.4, 0.5) is 4.39 Å². The summed E-state index contributed by atoms with van der Waals surface area (Å²) in [4.78, 5) is 12.1. The zero-order valence-corrected chi connectivity index (χ0v) is 11.5. The number of amides is 1. The van der Waals surface area contributed by atoms with E-state index in [1.165, 1.54) is 25.0 Å². The van der Waals surface area contributed by atoms with Crippen molar-refractivity contribution in [3.63, 3.8) is 0 Å². The average molecular weight is 285 g/mol. The third kappa shape index (κ3) is 2.55. The van der Waals surface area contributed by atoms with Crippen LogP contribution >= 0.6 is 0 Å². The van der Waals surface area contributed by atoms with Gasteiger partial charge in [0.1, 0.15) is 11.5 Å². The molecule has 2 aliphatic carbocycles. The fourth-order valence-electron chi connectivity index (χ4n) is 2.76. The molecule has 2 N–H and O–H groups in total. The van der Waals surface area contributed by atoms with Gasteiger partial charge in [0, 0.05) is 23.6 Å². The molecule has 4 nitrogen and oxygen atoms in total. The fraction of sp³-hybridized carbons (Fsp3) is 0.375. The molecule has 0 radical (unpaired) electrons. The summed E-state index contributed by atoms with van der Waals surface area (Å²) >= 11 is 0. The molecule has 21 heavy (non-hydrogen) atoms. The van der Waals surface area contributed by atoms with Gasteiger partial charge in [0.2, 0.25) is 0 Å². The molecule has 0 saturated heterocycles. The first-order valence-electron chi connectivity index (χ1n) is 7.32. The number of aromatic nitrogens is 2. The standard InChI is InChI=1S/C16H16FN3O/c17-11-3-1-2-10(6-11)12-7-14(12)18-16(21)15-8-13(19-20-15)9-4-5-9/h1-3,6,8-9,12,14H,4-5,7H2,(H,18,21)(H,19,20)/t12-,14-/m1/s1. The number of carbonyl (C=O) groups is 1. The van der Waals surface area contributed by atoms with Gasteiger partial charge in [0.25, 0.3) is 5.91 Å². The number of nitrogens with zero attached hydrogens (tertiary/aromatic N) is 1. The van der Waals surface area contributed by atoms with Gasteiger partial charge in [-0.1, -0.05) is 12.1 Å². The van der Waals surface area contributed by atoms with Gasteiger partial charge in [0.05, 0.1) is 0 Å². The largest absolute Gasteiger partial charge is 0.347 e. The van der Waals surface area contributed by atoms with E-state index in [0.717, 1.165) is 17.7 Å². The van der Waals surface area contributed by atoms with Crippen LogP contribution in [-0.2, 0) is 0 Å². The minimum Gasteiger partial charge on any atom is -0.347 e. The van der Waals surface area contributed by atoms with Gasteiger partial charge in [0.15, 0.2) is 0 Å². The number of benzene rings is 1. The van der Waals surface area contributed by atoms with Crippen LogP contribution in [0.1, 0.15) is 52.8 Å². The Kier molecular flexibility index (Phi) is 2.80. The van der Waals surface area contributed by atoms with Crippen molar-refractivity contribution in [2.75, 3.05) is 0 Å². The lowest BCUT2D eigenvalue weighted by Crippen LogP contribution is -2.26. The lowest BCUT2D eigenvalue weighted by Gasteiger charge is -2.03. The third-order valence-corrected chi connectivity index (χ3v) is 4.23. The van der Waals surface area contributed by atoms with Crippen molar-refractivity contribution in [3.8, 4) is 0 Å². The number of halogens is 1. The van der Waals surface area contributed by atoms with Gasteiger partial charge in [-0.05, 0) is 43.0 Å². The topological polar surface area (TPSA) is 57.8 Å².